The Balaban J connectivity index is 1.24. The molecule has 2 aromatic rings. The van der Waals surface area contributed by atoms with Gasteiger partial charge in [-0.3, -0.25) is 4.98 Å². The maximum atomic E-state index is 4.09. The van der Waals surface area contributed by atoms with Crippen LogP contribution in [-0.4, -0.2) is 42.1 Å². The van der Waals surface area contributed by atoms with Gasteiger partial charge < -0.3 is 15.1 Å². The highest BCUT2D eigenvalue weighted by molar-refractivity contribution is 5.61. The molecule has 4 nitrogen and oxygen atoms in total. The molecule has 2 aliphatic rings. The van der Waals surface area contributed by atoms with E-state index in [0.29, 0.717) is 6.04 Å². The number of rotatable bonds is 6. The number of likely N-dealkylation sites (tertiary alicyclic amines) is 1. The molecule has 0 amide bonds. The molecule has 2 fully saturated rings. The van der Waals surface area contributed by atoms with Gasteiger partial charge in [0.15, 0.2) is 0 Å². The first-order valence-corrected chi connectivity index (χ1v) is 10.5. The van der Waals surface area contributed by atoms with Gasteiger partial charge >= 0.3 is 0 Å². The molecule has 0 radical (unpaired) electrons. The van der Waals surface area contributed by atoms with Crippen molar-refractivity contribution in [2.24, 2.45) is 0 Å². The molecule has 0 bridgehead atoms. The first-order valence-electron chi connectivity index (χ1n) is 10.5. The van der Waals surface area contributed by atoms with Crippen LogP contribution in [0.25, 0.3) is 0 Å². The molecule has 0 spiro atoms. The van der Waals surface area contributed by atoms with Crippen molar-refractivity contribution in [3.8, 4) is 0 Å². The van der Waals surface area contributed by atoms with Crippen molar-refractivity contribution in [2.75, 3.05) is 25.0 Å². The summed E-state index contributed by atoms with van der Waals surface area (Å²) in [4.78, 5) is 9.02. The molecule has 1 N–H and O–H groups in total. The number of nitrogens with zero attached hydrogens (tertiary/aromatic N) is 3. The highest BCUT2D eigenvalue weighted by Crippen LogP contribution is 2.26. The molecule has 4 heteroatoms. The number of benzene rings is 1. The average molecular weight is 365 g/mol. The van der Waals surface area contributed by atoms with Crippen LogP contribution in [0.1, 0.15) is 44.1 Å². The largest absolute Gasteiger partial charge is 0.345 e. The van der Waals surface area contributed by atoms with Crippen molar-refractivity contribution in [2.45, 2.75) is 57.2 Å². The van der Waals surface area contributed by atoms with Crippen molar-refractivity contribution < 1.29 is 0 Å². The summed E-state index contributed by atoms with van der Waals surface area (Å²) in [7, 11) is 2.10. The Labute approximate surface area is 163 Å². The van der Waals surface area contributed by atoms with Crippen LogP contribution in [0.2, 0.25) is 0 Å². The lowest BCUT2D eigenvalue weighted by molar-refractivity contribution is 0.173. The number of pyridine rings is 1. The lowest BCUT2D eigenvalue weighted by Gasteiger charge is -2.35. The van der Waals surface area contributed by atoms with Crippen molar-refractivity contribution >= 4 is 11.4 Å². The molecule has 4 rings (SSSR count). The molecular weight excluding hydrogens is 332 g/mol. The number of nitrogens with one attached hydrogen (secondary N) is 1. The SMILES string of the molecule is CN(c1ccncc1)c1ccc(CNC2CCC(N3CCCC3)CC2)cc1. The van der Waals surface area contributed by atoms with Gasteiger partial charge in [0.1, 0.15) is 0 Å². The van der Waals surface area contributed by atoms with Gasteiger partial charge in [0.25, 0.3) is 0 Å². The highest BCUT2D eigenvalue weighted by Gasteiger charge is 2.27. The van der Waals surface area contributed by atoms with Crippen molar-refractivity contribution in [1.82, 2.24) is 15.2 Å². The summed E-state index contributed by atoms with van der Waals surface area (Å²) in [5.41, 5.74) is 3.73. The zero-order valence-corrected chi connectivity index (χ0v) is 16.5. The van der Waals surface area contributed by atoms with Crippen LogP contribution >= 0.6 is 0 Å². The molecule has 144 valence electrons. The Morgan fingerprint density at radius 1 is 0.926 bits per heavy atom. The second-order valence-corrected chi connectivity index (χ2v) is 8.06. The van der Waals surface area contributed by atoms with Crippen LogP contribution in [0.15, 0.2) is 48.8 Å². The second kappa shape index (κ2) is 8.85. The Hall–Kier alpha value is -1.91. The van der Waals surface area contributed by atoms with E-state index < -0.39 is 0 Å². The minimum absolute atomic E-state index is 0.683. The van der Waals surface area contributed by atoms with Gasteiger partial charge in [-0.05, 0) is 81.4 Å². The molecular formula is C23H32N4. The van der Waals surface area contributed by atoms with Crippen molar-refractivity contribution in [3.63, 3.8) is 0 Å². The number of aromatic nitrogens is 1. The Morgan fingerprint density at radius 2 is 1.56 bits per heavy atom. The summed E-state index contributed by atoms with van der Waals surface area (Å²) in [5, 5.41) is 3.79. The first kappa shape index (κ1) is 18.5. The van der Waals surface area contributed by atoms with Crippen LogP contribution in [0.5, 0.6) is 0 Å². The van der Waals surface area contributed by atoms with E-state index in [4.69, 9.17) is 0 Å². The molecule has 1 aliphatic carbocycles. The van der Waals surface area contributed by atoms with Gasteiger partial charge in [0.2, 0.25) is 0 Å². The second-order valence-electron chi connectivity index (χ2n) is 8.06. The Morgan fingerprint density at radius 3 is 2.22 bits per heavy atom. The van der Waals surface area contributed by atoms with Crippen LogP contribution in [0.4, 0.5) is 11.4 Å². The molecule has 0 unspecified atom stereocenters. The third-order valence-electron chi connectivity index (χ3n) is 6.32. The number of anilines is 2. The van der Waals surface area contributed by atoms with E-state index in [-0.39, 0.29) is 0 Å². The zero-order chi connectivity index (χ0) is 18.5. The molecule has 1 aliphatic heterocycles. The topological polar surface area (TPSA) is 31.4 Å². The van der Waals surface area contributed by atoms with E-state index >= 15 is 0 Å². The fourth-order valence-electron chi connectivity index (χ4n) is 4.57. The van der Waals surface area contributed by atoms with Gasteiger partial charge in [-0.15, -0.1) is 0 Å². The molecule has 27 heavy (non-hydrogen) atoms. The van der Waals surface area contributed by atoms with Crippen LogP contribution in [-0.2, 0) is 6.54 Å². The molecule has 1 aromatic carbocycles. The van der Waals surface area contributed by atoms with Crippen LogP contribution < -0.4 is 10.2 Å². The van der Waals surface area contributed by atoms with E-state index in [1.165, 1.54) is 62.9 Å². The molecule has 2 heterocycles. The van der Waals surface area contributed by atoms with E-state index in [1.54, 1.807) is 0 Å². The fourth-order valence-corrected chi connectivity index (χ4v) is 4.57. The van der Waals surface area contributed by atoms with Gasteiger partial charge in [-0.25, -0.2) is 0 Å². The summed E-state index contributed by atoms with van der Waals surface area (Å²) < 4.78 is 0. The van der Waals surface area contributed by atoms with Crippen LogP contribution in [0.3, 0.4) is 0 Å². The smallest absolute Gasteiger partial charge is 0.0438 e. The lowest BCUT2D eigenvalue weighted by Crippen LogP contribution is -2.41. The first-order chi connectivity index (χ1) is 13.3. The maximum Gasteiger partial charge on any atom is 0.0438 e. The predicted octanol–water partition coefficient (Wildman–Crippen LogP) is 4.35. The van der Waals surface area contributed by atoms with Crippen molar-refractivity contribution in [3.05, 3.63) is 54.4 Å². The summed E-state index contributed by atoms with van der Waals surface area (Å²) in [6.45, 7) is 3.64. The lowest BCUT2D eigenvalue weighted by atomic mass is 9.90. The predicted molar refractivity (Wildman–Crippen MR) is 112 cm³/mol. The van der Waals surface area contributed by atoms with Gasteiger partial charge in [0.05, 0.1) is 0 Å². The molecule has 0 atom stereocenters. The summed E-state index contributed by atoms with van der Waals surface area (Å²) in [6, 6.07) is 14.5. The number of hydrogen-bond donors (Lipinski definition) is 1. The average Bonchev–Trinajstić information content (AvgIpc) is 3.28. The molecule has 1 aromatic heterocycles. The minimum Gasteiger partial charge on any atom is -0.345 e. The van der Waals surface area contributed by atoms with E-state index in [2.05, 4.69) is 51.4 Å². The van der Waals surface area contributed by atoms with Crippen LogP contribution in [0, 0.1) is 0 Å². The van der Waals surface area contributed by atoms with Gasteiger partial charge in [-0.2, -0.15) is 0 Å². The van der Waals surface area contributed by atoms with Gasteiger partial charge in [-0.1, -0.05) is 12.1 Å². The molecule has 1 saturated carbocycles. The van der Waals surface area contributed by atoms with Crippen molar-refractivity contribution in [1.29, 1.82) is 0 Å². The quantitative estimate of drug-likeness (QED) is 0.826. The normalized spacial score (nSPS) is 23.4. The Bertz CT molecular complexity index is 686. The fraction of sp³-hybridized carbons (Fsp3) is 0.522. The minimum atomic E-state index is 0.683. The monoisotopic (exact) mass is 364 g/mol. The Kier molecular flexibility index (Phi) is 6.05. The highest BCUT2D eigenvalue weighted by atomic mass is 15.2. The summed E-state index contributed by atoms with van der Waals surface area (Å²) in [6.07, 6.45) is 11.9. The van der Waals surface area contributed by atoms with E-state index in [0.717, 1.165) is 18.3 Å². The zero-order valence-electron chi connectivity index (χ0n) is 16.5. The third-order valence-corrected chi connectivity index (χ3v) is 6.32. The van der Waals surface area contributed by atoms with E-state index in [9.17, 15) is 0 Å². The van der Waals surface area contributed by atoms with Gasteiger partial charge in [0, 0.05) is 49.4 Å². The third kappa shape index (κ3) is 4.69. The molecule has 1 saturated heterocycles. The number of hydrogen-bond acceptors (Lipinski definition) is 4. The summed E-state index contributed by atoms with van der Waals surface area (Å²) in [5.74, 6) is 0. The maximum absolute atomic E-state index is 4.09. The summed E-state index contributed by atoms with van der Waals surface area (Å²) >= 11 is 0. The standard InChI is InChI=1S/C23H32N4/c1-26(22-12-14-24-15-13-22)21-8-4-19(5-9-21)18-25-20-6-10-23(11-7-20)27-16-2-3-17-27/h4-5,8-9,12-15,20,23,25H,2-3,6-7,10-11,16-18H2,1H3. The van der Waals surface area contributed by atoms with E-state index in [1.807, 2.05) is 24.5 Å².